The van der Waals surface area contributed by atoms with Gasteiger partial charge in [0.05, 0.1) is 12.7 Å². The second kappa shape index (κ2) is 4.29. The van der Waals surface area contributed by atoms with Crippen molar-refractivity contribution >= 4 is 5.78 Å². The maximum absolute atomic E-state index is 12.1. The predicted octanol–water partition coefficient (Wildman–Crippen LogP) is 2.94. The van der Waals surface area contributed by atoms with E-state index >= 15 is 0 Å². The van der Waals surface area contributed by atoms with Gasteiger partial charge in [0.25, 0.3) is 0 Å². The van der Waals surface area contributed by atoms with E-state index in [4.69, 9.17) is 9.26 Å². The van der Waals surface area contributed by atoms with Gasteiger partial charge in [-0.15, -0.1) is 0 Å². The highest BCUT2D eigenvalue weighted by atomic mass is 16.5. The molecule has 0 aliphatic heterocycles. The highest BCUT2D eigenvalue weighted by Crippen LogP contribution is 2.35. The SMILES string of the molecule is COc1ccc(-c2nocc2C(=O)C2CC2)cc1. The lowest BCUT2D eigenvalue weighted by Crippen LogP contribution is -2.01. The van der Waals surface area contributed by atoms with E-state index in [1.54, 1.807) is 7.11 Å². The Labute approximate surface area is 105 Å². The lowest BCUT2D eigenvalue weighted by Gasteiger charge is -2.02. The van der Waals surface area contributed by atoms with Crippen molar-refractivity contribution in [2.75, 3.05) is 7.11 Å². The van der Waals surface area contributed by atoms with E-state index in [-0.39, 0.29) is 11.7 Å². The van der Waals surface area contributed by atoms with Gasteiger partial charge in [-0.2, -0.15) is 0 Å². The molecule has 18 heavy (non-hydrogen) atoms. The van der Waals surface area contributed by atoms with E-state index in [9.17, 15) is 4.79 Å². The van der Waals surface area contributed by atoms with Gasteiger partial charge in [-0.05, 0) is 37.1 Å². The van der Waals surface area contributed by atoms with Crippen LogP contribution < -0.4 is 4.74 Å². The first-order chi connectivity index (χ1) is 8.79. The van der Waals surface area contributed by atoms with E-state index in [1.165, 1.54) is 6.26 Å². The monoisotopic (exact) mass is 243 g/mol. The summed E-state index contributed by atoms with van der Waals surface area (Å²) < 4.78 is 10.1. The second-order valence-corrected chi connectivity index (χ2v) is 4.44. The van der Waals surface area contributed by atoms with Crippen molar-refractivity contribution in [3.05, 3.63) is 36.1 Å². The maximum Gasteiger partial charge on any atom is 0.171 e. The molecule has 3 rings (SSSR count). The summed E-state index contributed by atoms with van der Waals surface area (Å²) in [7, 11) is 1.62. The fourth-order valence-corrected chi connectivity index (χ4v) is 1.93. The van der Waals surface area contributed by atoms with Crippen LogP contribution >= 0.6 is 0 Å². The van der Waals surface area contributed by atoms with E-state index < -0.39 is 0 Å². The summed E-state index contributed by atoms with van der Waals surface area (Å²) in [5.41, 5.74) is 2.07. The molecule has 1 fully saturated rings. The van der Waals surface area contributed by atoms with Gasteiger partial charge in [0.2, 0.25) is 0 Å². The molecule has 1 aliphatic rings. The summed E-state index contributed by atoms with van der Waals surface area (Å²) in [6, 6.07) is 7.44. The first-order valence-corrected chi connectivity index (χ1v) is 5.92. The smallest absolute Gasteiger partial charge is 0.171 e. The van der Waals surface area contributed by atoms with Crippen LogP contribution in [0.3, 0.4) is 0 Å². The highest BCUT2D eigenvalue weighted by molar-refractivity contribution is 6.03. The zero-order valence-electron chi connectivity index (χ0n) is 10.1. The molecule has 0 unspecified atom stereocenters. The lowest BCUT2D eigenvalue weighted by molar-refractivity contribution is 0.0967. The minimum Gasteiger partial charge on any atom is -0.497 e. The van der Waals surface area contributed by atoms with Crippen LogP contribution in [0.1, 0.15) is 23.2 Å². The number of benzene rings is 1. The number of Topliss-reactive ketones (excluding diaryl/α,β-unsaturated/α-hetero) is 1. The van der Waals surface area contributed by atoms with Crippen molar-refractivity contribution in [3.63, 3.8) is 0 Å². The van der Waals surface area contributed by atoms with Gasteiger partial charge in [-0.3, -0.25) is 4.79 Å². The topological polar surface area (TPSA) is 52.3 Å². The van der Waals surface area contributed by atoms with Crippen LogP contribution in [0.5, 0.6) is 5.75 Å². The quantitative estimate of drug-likeness (QED) is 0.775. The van der Waals surface area contributed by atoms with E-state index in [0.717, 1.165) is 24.2 Å². The van der Waals surface area contributed by atoms with Gasteiger partial charge in [-0.25, -0.2) is 0 Å². The molecular formula is C14H13NO3. The van der Waals surface area contributed by atoms with Crippen LogP contribution in [0.4, 0.5) is 0 Å². The third kappa shape index (κ3) is 1.90. The van der Waals surface area contributed by atoms with Crippen molar-refractivity contribution in [1.82, 2.24) is 5.16 Å². The number of hydrogen-bond donors (Lipinski definition) is 0. The molecule has 1 saturated carbocycles. The van der Waals surface area contributed by atoms with E-state index in [1.807, 2.05) is 24.3 Å². The average molecular weight is 243 g/mol. The summed E-state index contributed by atoms with van der Waals surface area (Å²) in [4.78, 5) is 12.1. The molecule has 92 valence electrons. The minimum absolute atomic E-state index is 0.141. The molecular weight excluding hydrogens is 230 g/mol. The second-order valence-electron chi connectivity index (χ2n) is 4.44. The molecule has 4 nitrogen and oxygen atoms in total. The normalized spacial score (nSPS) is 14.5. The number of carbonyl (C=O) groups excluding carboxylic acids is 1. The summed E-state index contributed by atoms with van der Waals surface area (Å²) in [5, 5.41) is 3.94. The van der Waals surface area contributed by atoms with E-state index in [2.05, 4.69) is 5.16 Å². The third-order valence-corrected chi connectivity index (χ3v) is 3.15. The van der Waals surface area contributed by atoms with Crippen molar-refractivity contribution in [2.24, 2.45) is 5.92 Å². The van der Waals surface area contributed by atoms with Crippen LogP contribution in [0, 0.1) is 5.92 Å². The summed E-state index contributed by atoms with van der Waals surface area (Å²) in [5.74, 6) is 1.08. The average Bonchev–Trinajstić information content (AvgIpc) is 3.15. The Bertz CT molecular complexity index is 567. The largest absolute Gasteiger partial charge is 0.497 e. The number of ketones is 1. The Kier molecular flexibility index (Phi) is 2.63. The molecule has 1 aliphatic carbocycles. The van der Waals surface area contributed by atoms with Gasteiger partial charge in [0.1, 0.15) is 17.7 Å². The van der Waals surface area contributed by atoms with Crippen molar-refractivity contribution in [1.29, 1.82) is 0 Å². The highest BCUT2D eigenvalue weighted by Gasteiger charge is 2.33. The lowest BCUT2D eigenvalue weighted by atomic mass is 10.0. The van der Waals surface area contributed by atoms with Crippen LogP contribution in [-0.4, -0.2) is 18.0 Å². The van der Waals surface area contributed by atoms with Crippen molar-refractivity contribution in [3.8, 4) is 17.0 Å². The zero-order valence-corrected chi connectivity index (χ0v) is 10.1. The van der Waals surface area contributed by atoms with Crippen molar-refractivity contribution < 1.29 is 14.1 Å². The Morgan fingerprint density at radius 2 is 2.06 bits per heavy atom. The van der Waals surface area contributed by atoms with Crippen molar-refractivity contribution in [2.45, 2.75) is 12.8 Å². The predicted molar refractivity (Wildman–Crippen MR) is 65.5 cm³/mol. The Balaban J connectivity index is 1.95. The van der Waals surface area contributed by atoms with Crippen LogP contribution in [0.15, 0.2) is 35.1 Å². The molecule has 0 spiro atoms. The van der Waals surface area contributed by atoms with E-state index in [0.29, 0.717) is 11.3 Å². The molecule has 0 amide bonds. The number of carbonyl (C=O) groups is 1. The molecule has 1 aromatic heterocycles. The Morgan fingerprint density at radius 1 is 1.33 bits per heavy atom. The first kappa shape index (κ1) is 11.0. The minimum atomic E-state index is 0.141. The van der Waals surface area contributed by atoms with Gasteiger partial charge in [-0.1, -0.05) is 5.16 Å². The molecule has 2 aromatic rings. The number of rotatable bonds is 4. The number of ether oxygens (including phenoxy) is 1. The maximum atomic E-state index is 12.1. The van der Waals surface area contributed by atoms with Crippen LogP contribution in [0.2, 0.25) is 0 Å². The fraction of sp³-hybridized carbons (Fsp3) is 0.286. The summed E-state index contributed by atoms with van der Waals surface area (Å²) in [6.45, 7) is 0. The Hall–Kier alpha value is -2.10. The van der Waals surface area contributed by atoms with Crippen LogP contribution in [-0.2, 0) is 0 Å². The van der Waals surface area contributed by atoms with Gasteiger partial charge >= 0.3 is 0 Å². The Morgan fingerprint density at radius 3 is 2.67 bits per heavy atom. The van der Waals surface area contributed by atoms with Gasteiger partial charge in [0, 0.05) is 11.5 Å². The molecule has 4 heteroatoms. The molecule has 0 saturated heterocycles. The molecule has 1 aromatic carbocycles. The number of aromatic nitrogens is 1. The molecule has 0 atom stereocenters. The molecule has 0 N–H and O–H groups in total. The molecule has 1 heterocycles. The molecule has 0 radical (unpaired) electrons. The van der Waals surface area contributed by atoms with Gasteiger partial charge in [0.15, 0.2) is 5.78 Å². The third-order valence-electron chi connectivity index (χ3n) is 3.15. The number of methoxy groups -OCH3 is 1. The molecule has 0 bridgehead atoms. The van der Waals surface area contributed by atoms with Gasteiger partial charge < -0.3 is 9.26 Å². The summed E-state index contributed by atoms with van der Waals surface area (Å²) in [6.07, 6.45) is 3.40. The summed E-state index contributed by atoms with van der Waals surface area (Å²) >= 11 is 0. The standard InChI is InChI=1S/C14H13NO3/c1-17-11-6-4-9(5-7-11)13-12(8-18-15-13)14(16)10-2-3-10/h4-8,10H,2-3H2,1H3. The number of hydrogen-bond acceptors (Lipinski definition) is 4. The zero-order chi connectivity index (χ0) is 12.5. The fourth-order valence-electron chi connectivity index (χ4n) is 1.93. The number of nitrogens with zero attached hydrogens (tertiary/aromatic N) is 1. The first-order valence-electron chi connectivity index (χ1n) is 5.92. The van der Waals surface area contributed by atoms with Crippen LogP contribution in [0.25, 0.3) is 11.3 Å².